The summed E-state index contributed by atoms with van der Waals surface area (Å²) in [5.74, 6) is 2.69. The van der Waals surface area contributed by atoms with E-state index in [9.17, 15) is 0 Å². The van der Waals surface area contributed by atoms with Gasteiger partial charge in [-0.25, -0.2) is 9.66 Å². The van der Waals surface area contributed by atoms with E-state index in [1.54, 1.807) is 10.9 Å². The third kappa shape index (κ3) is 2.12. The second-order valence-corrected chi connectivity index (χ2v) is 4.93. The van der Waals surface area contributed by atoms with Crippen LogP contribution in [0.25, 0.3) is 11.3 Å². The molecule has 0 amide bonds. The highest BCUT2D eigenvalue weighted by Crippen LogP contribution is 2.22. The predicted octanol–water partition coefficient (Wildman–Crippen LogP) is 1.57. The molecule has 3 aromatic heterocycles. The number of aryl methyl sites for hydroxylation is 1. The number of amidine groups is 1. The topological polar surface area (TPSA) is 73.2 Å². The Morgan fingerprint density at radius 3 is 3.14 bits per heavy atom. The Hall–Kier alpha value is -2.83. The summed E-state index contributed by atoms with van der Waals surface area (Å²) in [6.45, 7) is 0.530. The molecule has 0 spiro atoms. The van der Waals surface area contributed by atoms with Gasteiger partial charge in [-0.3, -0.25) is 15.1 Å². The number of aliphatic imine (C=N–C) groups is 1. The standard InChI is InChI=1S/C14H14N6O/c1-19-9-10(6-17-19)12-8-16-14-5-13(18-20(12)14)15-7-11-3-2-4-21-11/h2-4,6,8-9H,5,7H2,1H3,(H,15,18). The Morgan fingerprint density at radius 2 is 2.38 bits per heavy atom. The van der Waals surface area contributed by atoms with E-state index in [0.717, 1.165) is 28.7 Å². The highest BCUT2D eigenvalue weighted by molar-refractivity contribution is 5.94. The zero-order valence-corrected chi connectivity index (χ0v) is 11.5. The van der Waals surface area contributed by atoms with Crippen LogP contribution in [0.4, 0.5) is 0 Å². The molecule has 7 nitrogen and oxygen atoms in total. The number of furan rings is 1. The van der Waals surface area contributed by atoms with E-state index in [4.69, 9.17) is 4.42 Å². The van der Waals surface area contributed by atoms with Crippen molar-refractivity contribution in [3.05, 3.63) is 48.6 Å². The quantitative estimate of drug-likeness (QED) is 0.791. The zero-order chi connectivity index (χ0) is 14.2. The lowest BCUT2D eigenvalue weighted by molar-refractivity contribution is 0.512. The SMILES string of the molecule is Cn1cc(-c2cnc3n2NC(=NCc2ccco2)C3)cn1. The highest BCUT2D eigenvalue weighted by Gasteiger charge is 2.21. The molecule has 0 aliphatic carbocycles. The lowest BCUT2D eigenvalue weighted by Crippen LogP contribution is -2.15. The third-order valence-electron chi connectivity index (χ3n) is 3.41. The number of aromatic nitrogens is 4. The number of hydrogen-bond acceptors (Lipinski definition) is 4. The molecule has 4 heterocycles. The molecule has 7 heteroatoms. The van der Waals surface area contributed by atoms with E-state index in [-0.39, 0.29) is 0 Å². The summed E-state index contributed by atoms with van der Waals surface area (Å²) in [5, 5.41) is 4.19. The van der Waals surface area contributed by atoms with Crippen LogP contribution in [0.15, 0.2) is 46.4 Å². The lowest BCUT2D eigenvalue weighted by atomic mass is 10.3. The second kappa shape index (κ2) is 4.62. The van der Waals surface area contributed by atoms with Crippen LogP contribution < -0.4 is 5.43 Å². The van der Waals surface area contributed by atoms with Gasteiger partial charge in [0.15, 0.2) is 0 Å². The van der Waals surface area contributed by atoms with Crippen molar-refractivity contribution in [1.29, 1.82) is 0 Å². The zero-order valence-electron chi connectivity index (χ0n) is 11.5. The van der Waals surface area contributed by atoms with Gasteiger partial charge in [0.1, 0.15) is 17.4 Å². The van der Waals surface area contributed by atoms with Crippen molar-refractivity contribution >= 4 is 5.84 Å². The average molecular weight is 282 g/mol. The second-order valence-electron chi connectivity index (χ2n) is 4.93. The molecule has 0 fully saturated rings. The molecule has 0 radical (unpaired) electrons. The molecule has 3 aromatic rings. The van der Waals surface area contributed by atoms with E-state index in [1.807, 2.05) is 42.4 Å². The molecular weight excluding hydrogens is 268 g/mol. The van der Waals surface area contributed by atoms with Gasteiger partial charge in [-0.1, -0.05) is 0 Å². The summed E-state index contributed by atoms with van der Waals surface area (Å²) >= 11 is 0. The molecule has 21 heavy (non-hydrogen) atoms. The Kier molecular flexibility index (Phi) is 2.63. The minimum atomic E-state index is 0.530. The molecule has 1 aliphatic heterocycles. The molecule has 0 saturated heterocycles. The van der Waals surface area contributed by atoms with Crippen LogP contribution in [0.1, 0.15) is 11.6 Å². The largest absolute Gasteiger partial charge is 0.467 e. The normalized spacial score (nSPS) is 15.4. The van der Waals surface area contributed by atoms with Crippen molar-refractivity contribution in [1.82, 2.24) is 19.4 Å². The summed E-state index contributed by atoms with van der Waals surface area (Å²) in [4.78, 5) is 8.96. The molecule has 0 atom stereocenters. The van der Waals surface area contributed by atoms with Crippen LogP contribution in [0, 0.1) is 0 Å². The first-order valence-corrected chi connectivity index (χ1v) is 6.68. The minimum absolute atomic E-state index is 0.530. The number of nitrogens with zero attached hydrogens (tertiary/aromatic N) is 5. The number of hydrogen-bond donors (Lipinski definition) is 1. The van der Waals surface area contributed by atoms with Crippen LogP contribution in [-0.2, 0) is 20.0 Å². The first-order chi connectivity index (χ1) is 10.3. The third-order valence-corrected chi connectivity index (χ3v) is 3.41. The smallest absolute Gasteiger partial charge is 0.136 e. The number of rotatable bonds is 3. The van der Waals surface area contributed by atoms with Gasteiger partial charge in [-0.2, -0.15) is 5.10 Å². The van der Waals surface area contributed by atoms with E-state index in [1.165, 1.54) is 0 Å². The fourth-order valence-electron chi connectivity index (χ4n) is 2.38. The van der Waals surface area contributed by atoms with Crippen molar-refractivity contribution in [3.63, 3.8) is 0 Å². The van der Waals surface area contributed by atoms with E-state index in [2.05, 4.69) is 20.5 Å². The molecule has 1 N–H and O–H groups in total. The Labute approximate surface area is 120 Å². The summed E-state index contributed by atoms with van der Waals surface area (Å²) in [5.41, 5.74) is 5.29. The first kappa shape index (κ1) is 12.0. The Bertz CT molecular complexity index is 795. The van der Waals surface area contributed by atoms with Gasteiger partial charge in [0.2, 0.25) is 0 Å². The van der Waals surface area contributed by atoms with Gasteiger partial charge in [-0.15, -0.1) is 0 Å². The molecule has 0 aromatic carbocycles. The van der Waals surface area contributed by atoms with Crippen molar-refractivity contribution in [2.24, 2.45) is 12.0 Å². The number of nitrogens with one attached hydrogen (secondary N) is 1. The highest BCUT2D eigenvalue weighted by atomic mass is 16.3. The molecule has 106 valence electrons. The number of fused-ring (bicyclic) bond motifs is 1. The molecule has 4 rings (SSSR count). The van der Waals surface area contributed by atoms with Gasteiger partial charge in [0, 0.05) is 18.8 Å². The lowest BCUT2D eigenvalue weighted by Gasteiger charge is -2.04. The van der Waals surface area contributed by atoms with Crippen LogP contribution >= 0.6 is 0 Å². The molecule has 0 unspecified atom stereocenters. The van der Waals surface area contributed by atoms with Gasteiger partial charge in [-0.05, 0) is 12.1 Å². The summed E-state index contributed by atoms with van der Waals surface area (Å²) in [6.07, 6.45) is 7.99. The van der Waals surface area contributed by atoms with Crippen molar-refractivity contribution in [2.75, 3.05) is 5.43 Å². The molecular formula is C14H14N6O. The van der Waals surface area contributed by atoms with E-state index in [0.29, 0.717) is 13.0 Å². The van der Waals surface area contributed by atoms with Crippen LogP contribution in [0.2, 0.25) is 0 Å². The average Bonchev–Trinajstić information content (AvgIpc) is 3.20. The van der Waals surface area contributed by atoms with Crippen LogP contribution in [-0.4, -0.2) is 25.3 Å². The van der Waals surface area contributed by atoms with Crippen LogP contribution in [0.3, 0.4) is 0 Å². The summed E-state index contributed by atoms with van der Waals surface area (Å²) in [6, 6.07) is 3.78. The summed E-state index contributed by atoms with van der Waals surface area (Å²) in [7, 11) is 1.90. The Balaban J connectivity index is 1.57. The van der Waals surface area contributed by atoms with E-state index < -0.39 is 0 Å². The summed E-state index contributed by atoms with van der Waals surface area (Å²) < 4.78 is 9.01. The maximum Gasteiger partial charge on any atom is 0.136 e. The van der Waals surface area contributed by atoms with Crippen molar-refractivity contribution in [2.45, 2.75) is 13.0 Å². The van der Waals surface area contributed by atoms with Gasteiger partial charge >= 0.3 is 0 Å². The minimum Gasteiger partial charge on any atom is -0.467 e. The maximum absolute atomic E-state index is 5.28. The molecule has 1 aliphatic rings. The number of imidazole rings is 1. The fourth-order valence-corrected chi connectivity index (χ4v) is 2.38. The molecule has 0 saturated carbocycles. The van der Waals surface area contributed by atoms with Crippen molar-refractivity contribution < 1.29 is 4.42 Å². The van der Waals surface area contributed by atoms with Gasteiger partial charge in [0.25, 0.3) is 0 Å². The predicted molar refractivity (Wildman–Crippen MR) is 77.3 cm³/mol. The maximum atomic E-state index is 5.28. The van der Waals surface area contributed by atoms with Crippen LogP contribution in [0.5, 0.6) is 0 Å². The molecule has 0 bridgehead atoms. The first-order valence-electron chi connectivity index (χ1n) is 6.68. The van der Waals surface area contributed by atoms with Gasteiger partial charge in [0.05, 0.1) is 37.3 Å². The monoisotopic (exact) mass is 282 g/mol. The van der Waals surface area contributed by atoms with Crippen molar-refractivity contribution in [3.8, 4) is 11.3 Å². The van der Waals surface area contributed by atoms with Gasteiger partial charge < -0.3 is 4.42 Å². The Morgan fingerprint density at radius 1 is 1.43 bits per heavy atom. The van der Waals surface area contributed by atoms with E-state index >= 15 is 0 Å². The fraction of sp³-hybridized carbons (Fsp3) is 0.214.